The second-order valence-electron chi connectivity index (χ2n) is 5.66. The highest BCUT2D eigenvalue weighted by Crippen LogP contribution is 2.22. The Morgan fingerprint density at radius 2 is 1.84 bits per heavy atom. The molecule has 1 heterocycles. The highest BCUT2D eigenvalue weighted by molar-refractivity contribution is 5.90. The van der Waals surface area contributed by atoms with E-state index in [4.69, 9.17) is 9.15 Å². The standard InChI is InChI=1S/C20H20N2O3/c1-14-18(22-20(25-14)15-6-4-3-5-7-15)12-13-19(23)21-16-8-10-17(24-2)11-9-16/h3-11H,12-13H2,1-2H3,(H,21,23). The second-order valence-corrected chi connectivity index (χ2v) is 5.66. The van der Waals surface area contributed by atoms with Crippen molar-refractivity contribution in [3.8, 4) is 17.2 Å². The van der Waals surface area contributed by atoms with Gasteiger partial charge < -0.3 is 14.5 Å². The number of hydrogen-bond donors (Lipinski definition) is 1. The number of oxazole rings is 1. The molecule has 0 saturated carbocycles. The molecule has 1 aromatic heterocycles. The van der Waals surface area contributed by atoms with Crippen molar-refractivity contribution < 1.29 is 13.9 Å². The molecule has 0 aliphatic carbocycles. The maximum atomic E-state index is 12.1. The van der Waals surface area contributed by atoms with Crippen LogP contribution in [-0.2, 0) is 11.2 Å². The van der Waals surface area contributed by atoms with Gasteiger partial charge in [0, 0.05) is 24.1 Å². The van der Waals surface area contributed by atoms with Gasteiger partial charge in [-0.25, -0.2) is 4.98 Å². The van der Waals surface area contributed by atoms with Gasteiger partial charge >= 0.3 is 0 Å². The Kier molecular flexibility index (Phi) is 5.14. The van der Waals surface area contributed by atoms with Gasteiger partial charge in [0.2, 0.25) is 11.8 Å². The van der Waals surface area contributed by atoms with Crippen LogP contribution in [0.1, 0.15) is 17.9 Å². The van der Waals surface area contributed by atoms with E-state index in [0.29, 0.717) is 18.7 Å². The molecule has 1 N–H and O–H groups in total. The molecule has 1 amide bonds. The third kappa shape index (κ3) is 4.26. The van der Waals surface area contributed by atoms with Gasteiger partial charge in [0.25, 0.3) is 0 Å². The van der Waals surface area contributed by atoms with Gasteiger partial charge in [0.05, 0.1) is 12.8 Å². The molecule has 0 aliphatic heterocycles. The fraction of sp³-hybridized carbons (Fsp3) is 0.200. The maximum Gasteiger partial charge on any atom is 0.226 e. The third-order valence-electron chi connectivity index (χ3n) is 3.88. The van der Waals surface area contributed by atoms with Crippen molar-refractivity contribution in [1.29, 1.82) is 0 Å². The molecule has 0 atom stereocenters. The SMILES string of the molecule is COc1ccc(NC(=O)CCc2nc(-c3ccccc3)oc2C)cc1. The number of rotatable bonds is 6. The normalized spacial score (nSPS) is 10.5. The molecule has 0 spiro atoms. The van der Waals surface area contributed by atoms with Crippen LogP contribution in [0.4, 0.5) is 5.69 Å². The summed E-state index contributed by atoms with van der Waals surface area (Å²) in [6, 6.07) is 17.0. The van der Waals surface area contributed by atoms with E-state index in [-0.39, 0.29) is 5.91 Å². The van der Waals surface area contributed by atoms with Gasteiger partial charge in [-0.15, -0.1) is 0 Å². The number of methoxy groups -OCH3 is 1. The average molecular weight is 336 g/mol. The van der Waals surface area contributed by atoms with E-state index in [1.165, 1.54) is 0 Å². The summed E-state index contributed by atoms with van der Waals surface area (Å²) in [7, 11) is 1.61. The molecule has 128 valence electrons. The zero-order valence-electron chi connectivity index (χ0n) is 14.3. The lowest BCUT2D eigenvalue weighted by Gasteiger charge is -2.05. The highest BCUT2D eigenvalue weighted by atomic mass is 16.5. The quantitative estimate of drug-likeness (QED) is 0.731. The monoisotopic (exact) mass is 336 g/mol. The topological polar surface area (TPSA) is 64.4 Å². The minimum atomic E-state index is -0.0613. The van der Waals surface area contributed by atoms with Gasteiger partial charge in [0.15, 0.2) is 0 Å². The third-order valence-corrected chi connectivity index (χ3v) is 3.88. The lowest BCUT2D eigenvalue weighted by atomic mass is 10.2. The van der Waals surface area contributed by atoms with Crippen LogP contribution in [0.15, 0.2) is 59.0 Å². The number of aryl methyl sites for hydroxylation is 2. The first-order valence-corrected chi connectivity index (χ1v) is 8.11. The molecule has 25 heavy (non-hydrogen) atoms. The number of carbonyl (C=O) groups is 1. The summed E-state index contributed by atoms with van der Waals surface area (Å²) >= 11 is 0. The van der Waals surface area contributed by atoms with Crippen LogP contribution < -0.4 is 10.1 Å². The summed E-state index contributed by atoms with van der Waals surface area (Å²) in [5.41, 5.74) is 2.48. The van der Waals surface area contributed by atoms with Gasteiger partial charge in [-0.1, -0.05) is 18.2 Å². The minimum Gasteiger partial charge on any atom is -0.497 e. The molecule has 0 radical (unpaired) electrons. The lowest BCUT2D eigenvalue weighted by Crippen LogP contribution is -2.12. The Labute approximate surface area is 146 Å². The van der Waals surface area contributed by atoms with Crippen molar-refractivity contribution >= 4 is 11.6 Å². The van der Waals surface area contributed by atoms with E-state index < -0.39 is 0 Å². The minimum absolute atomic E-state index is 0.0613. The summed E-state index contributed by atoms with van der Waals surface area (Å²) < 4.78 is 10.8. The molecule has 0 saturated heterocycles. The maximum absolute atomic E-state index is 12.1. The highest BCUT2D eigenvalue weighted by Gasteiger charge is 2.13. The molecule has 5 heteroatoms. The fourth-order valence-electron chi connectivity index (χ4n) is 2.49. The van der Waals surface area contributed by atoms with Crippen LogP contribution in [0.5, 0.6) is 5.75 Å². The van der Waals surface area contributed by atoms with Crippen molar-refractivity contribution in [2.75, 3.05) is 12.4 Å². The van der Waals surface area contributed by atoms with E-state index in [9.17, 15) is 4.79 Å². The molecule has 0 unspecified atom stereocenters. The number of ether oxygens (including phenoxy) is 1. The van der Waals surface area contributed by atoms with Gasteiger partial charge in [-0.3, -0.25) is 4.79 Å². The van der Waals surface area contributed by atoms with E-state index >= 15 is 0 Å². The summed E-state index contributed by atoms with van der Waals surface area (Å²) in [5, 5.41) is 2.87. The van der Waals surface area contributed by atoms with E-state index in [1.807, 2.05) is 61.5 Å². The number of nitrogens with one attached hydrogen (secondary N) is 1. The summed E-state index contributed by atoms with van der Waals surface area (Å²) in [4.78, 5) is 16.6. The molecule has 0 aliphatic rings. The van der Waals surface area contributed by atoms with Crippen molar-refractivity contribution in [2.45, 2.75) is 19.8 Å². The molecule has 0 bridgehead atoms. The van der Waals surface area contributed by atoms with E-state index in [2.05, 4.69) is 10.3 Å². The second kappa shape index (κ2) is 7.66. The molecular weight excluding hydrogens is 316 g/mol. The molecule has 3 rings (SSSR count). The molecule has 2 aromatic carbocycles. The fourth-order valence-corrected chi connectivity index (χ4v) is 2.49. The van der Waals surface area contributed by atoms with Crippen LogP contribution in [0.2, 0.25) is 0 Å². The largest absolute Gasteiger partial charge is 0.497 e. The van der Waals surface area contributed by atoms with Crippen LogP contribution >= 0.6 is 0 Å². The first kappa shape index (κ1) is 16.8. The number of hydrogen-bond acceptors (Lipinski definition) is 4. The van der Waals surface area contributed by atoms with Crippen LogP contribution in [0.3, 0.4) is 0 Å². The number of amides is 1. The van der Waals surface area contributed by atoms with Gasteiger partial charge in [0.1, 0.15) is 11.5 Å². The lowest BCUT2D eigenvalue weighted by molar-refractivity contribution is -0.116. The van der Waals surface area contributed by atoms with Gasteiger partial charge in [-0.05, 0) is 43.3 Å². The molecule has 5 nitrogen and oxygen atoms in total. The first-order chi connectivity index (χ1) is 12.2. The molecule has 3 aromatic rings. The molecule has 0 fully saturated rings. The van der Waals surface area contributed by atoms with Crippen LogP contribution in [0, 0.1) is 6.92 Å². The van der Waals surface area contributed by atoms with Gasteiger partial charge in [-0.2, -0.15) is 0 Å². The number of benzene rings is 2. The van der Waals surface area contributed by atoms with Crippen molar-refractivity contribution in [3.63, 3.8) is 0 Å². The Hall–Kier alpha value is -3.08. The van der Waals surface area contributed by atoms with Crippen molar-refractivity contribution in [1.82, 2.24) is 4.98 Å². The average Bonchev–Trinajstić information content (AvgIpc) is 3.02. The Bertz CT molecular complexity index is 839. The zero-order chi connectivity index (χ0) is 17.6. The van der Waals surface area contributed by atoms with Crippen molar-refractivity contribution in [3.05, 3.63) is 66.1 Å². The number of anilines is 1. The number of nitrogens with zero attached hydrogens (tertiary/aromatic N) is 1. The van der Waals surface area contributed by atoms with E-state index in [1.54, 1.807) is 7.11 Å². The predicted octanol–water partition coefficient (Wildman–Crippen LogP) is 4.23. The Morgan fingerprint density at radius 3 is 2.52 bits per heavy atom. The van der Waals surface area contributed by atoms with Crippen LogP contribution in [-0.4, -0.2) is 18.0 Å². The Morgan fingerprint density at radius 1 is 1.12 bits per heavy atom. The number of aromatic nitrogens is 1. The number of carbonyl (C=O) groups excluding carboxylic acids is 1. The van der Waals surface area contributed by atoms with E-state index in [0.717, 1.165) is 28.5 Å². The summed E-state index contributed by atoms with van der Waals surface area (Å²) in [6.45, 7) is 1.87. The first-order valence-electron chi connectivity index (χ1n) is 8.11. The van der Waals surface area contributed by atoms with Crippen molar-refractivity contribution in [2.24, 2.45) is 0 Å². The predicted molar refractivity (Wildman–Crippen MR) is 96.6 cm³/mol. The molecular formula is C20H20N2O3. The summed E-state index contributed by atoms with van der Waals surface area (Å²) in [5.74, 6) is 2.03. The zero-order valence-corrected chi connectivity index (χ0v) is 14.3. The Balaban J connectivity index is 1.59. The summed E-state index contributed by atoms with van der Waals surface area (Å²) in [6.07, 6.45) is 0.873. The smallest absolute Gasteiger partial charge is 0.226 e. The van der Waals surface area contributed by atoms with Crippen LogP contribution in [0.25, 0.3) is 11.5 Å².